The van der Waals surface area contributed by atoms with Gasteiger partial charge in [-0.3, -0.25) is 0 Å². The summed E-state index contributed by atoms with van der Waals surface area (Å²) in [6.07, 6.45) is -1.34. The normalized spacial score (nSPS) is 10.6. The number of hydrogen-bond donors (Lipinski definition) is 1. The second-order valence-corrected chi connectivity index (χ2v) is 5.73. The Morgan fingerprint density at radius 2 is 1.91 bits per heavy atom. The van der Waals surface area contributed by atoms with E-state index in [4.69, 9.17) is 9.84 Å². The number of carboxylic acid groups (broad SMARTS) is 1. The SMILES string of the molecule is Cc1c(-c2ccccc2)nc2ccc(Br)cc2c1OC(=O)O. The van der Waals surface area contributed by atoms with E-state index in [-0.39, 0.29) is 0 Å². The van der Waals surface area contributed by atoms with Gasteiger partial charge in [0.2, 0.25) is 0 Å². The van der Waals surface area contributed by atoms with Crippen LogP contribution in [0.5, 0.6) is 5.75 Å². The van der Waals surface area contributed by atoms with E-state index in [2.05, 4.69) is 20.9 Å². The van der Waals surface area contributed by atoms with Crippen molar-refractivity contribution in [3.63, 3.8) is 0 Å². The van der Waals surface area contributed by atoms with Crippen LogP contribution in [0.3, 0.4) is 0 Å². The molecular formula is C17H12BrNO3. The molecule has 3 aromatic rings. The molecule has 3 rings (SSSR count). The molecule has 0 unspecified atom stereocenters. The lowest BCUT2D eigenvalue weighted by molar-refractivity contribution is 0.144. The van der Waals surface area contributed by atoms with Crippen molar-refractivity contribution in [3.8, 4) is 17.0 Å². The van der Waals surface area contributed by atoms with Crippen LogP contribution in [0.4, 0.5) is 4.79 Å². The molecule has 2 aromatic carbocycles. The molecule has 0 aliphatic carbocycles. The molecule has 1 heterocycles. The fourth-order valence-electron chi connectivity index (χ4n) is 2.40. The maximum Gasteiger partial charge on any atom is 0.511 e. The summed E-state index contributed by atoms with van der Waals surface area (Å²) < 4.78 is 5.87. The summed E-state index contributed by atoms with van der Waals surface area (Å²) in [7, 11) is 0. The molecule has 0 bridgehead atoms. The van der Waals surface area contributed by atoms with Gasteiger partial charge >= 0.3 is 6.16 Å². The van der Waals surface area contributed by atoms with Crippen molar-refractivity contribution in [2.24, 2.45) is 0 Å². The van der Waals surface area contributed by atoms with Crippen molar-refractivity contribution in [1.29, 1.82) is 0 Å². The first-order valence-electron chi connectivity index (χ1n) is 6.62. The molecule has 1 aromatic heterocycles. The van der Waals surface area contributed by atoms with E-state index >= 15 is 0 Å². The van der Waals surface area contributed by atoms with Crippen molar-refractivity contribution >= 4 is 33.0 Å². The molecule has 22 heavy (non-hydrogen) atoms. The van der Waals surface area contributed by atoms with Gasteiger partial charge in [0.05, 0.1) is 11.2 Å². The fraction of sp³-hybridized carbons (Fsp3) is 0.0588. The summed E-state index contributed by atoms with van der Waals surface area (Å²) in [5, 5.41) is 9.69. The van der Waals surface area contributed by atoms with Crippen LogP contribution in [0.1, 0.15) is 5.56 Å². The summed E-state index contributed by atoms with van der Waals surface area (Å²) in [6.45, 7) is 1.81. The number of nitrogens with zero attached hydrogens (tertiary/aromatic N) is 1. The monoisotopic (exact) mass is 357 g/mol. The molecule has 0 aliphatic heterocycles. The van der Waals surface area contributed by atoms with Crippen LogP contribution >= 0.6 is 15.9 Å². The maximum atomic E-state index is 11.0. The first kappa shape index (κ1) is 14.5. The number of hydrogen-bond acceptors (Lipinski definition) is 3. The Morgan fingerprint density at radius 1 is 1.18 bits per heavy atom. The standard InChI is InChI=1S/C17H12BrNO3/c1-10-15(11-5-3-2-4-6-11)19-14-8-7-12(18)9-13(14)16(10)22-17(20)21/h2-9H,1H3,(H,20,21). The van der Waals surface area contributed by atoms with Crippen LogP contribution in [-0.4, -0.2) is 16.2 Å². The minimum absolute atomic E-state index is 0.317. The molecule has 0 spiro atoms. The van der Waals surface area contributed by atoms with Gasteiger partial charge in [-0.2, -0.15) is 0 Å². The van der Waals surface area contributed by atoms with E-state index in [0.717, 1.165) is 10.0 Å². The zero-order chi connectivity index (χ0) is 15.7. The van der Waals surface area contributed by atoms with Crippen LogP contribution in [-0.2, 0) is 0 Å². The molecule has 0 atom stereocenters. The van der Waals surface area contributed by atoms with E-state index < -0.39 is 6.16 Å². The summed E-state index contributed by atoms with van der Waals surface area (Å²) in [5.74, 6) is 0.317. The van der Waals surface area contributed by atoms with E-state index in [0.29, 0.717) is 27.9 Å². The molecule has 5 heteroatoms. The first-order valence-corrected chi connectivity index (χ1v) is 7.41. The molecule has 0 radical (unpaired) electrons. The van der Waals surface area contributed by atoms with Crippen molar-refractivity contribution in [1.82, 2.24) is 4.98 Å². The van der Waals surface area contributed by atoms with Gasteiger partial charge in [0.25, 0.3) is 0 Å². The van der Waals surface area contributed by atoms with Crippen LogP contribution < -0.4 is 4.74 Å². The van der Waals surface area contributed by atoms with Gasteiger partial charge < -0.3 is 9.84 Å². The average molecular weight is 358 g/mol. The molecular weight excluding hydrogens is 346 g/mol. The highest BCUT2D eigenvalue weighted by atomic mass is 79.9. The topological polar surface area (TPSA) is 59.4 Å². The number of pyridine rings is 1. The third-order valence-electron chi connectivity index (χ3n) is 3.37. The van der Waals surface area contributed by atoms with Gasteiger partial charge in [0.15, 0.2) is 0 Å². The Morgan fingerprint density at radius 3 is 2.59 bits per heavy atom. The Labute approximate surface area is 135 Å². The smallest absolute Gasteiger partial charge is 0.449 e. The quantitative estimate of drug-likeness (QED) is 0.653. The first-order chi connectivity index (χ1) is 10.6. The lowest BCUT2D eigenvalue weighted by Gasteiger charge is -2.13. The van der Waals surface area contributed by atoms with E-state index in [1.54, 1.807) is 0 Å². The number of rotatable bonds is 2. The predicted molar refractivity (Wildman–Crippen MR) is 88.3 cm³/mol. The van der Waals surface area contributed by atoms with Crippen LogP contribution in [0.25, 0.3) is 22.2 Å². The van der Waals surface area contributed by atoms with Crippen LogP contribution in [0, 0.1) is 6.92 Å². The fourth-order valence-corrected chi connectivity index (χ4v) is 2.76. The van der Waals surface area contributed by atoms with Crippen LogP contribution in [0.15, 0.2) is 53.0 Å². The minimum Gasteiger partial charge on any atom is -0.449 e. The van der Waals surface area contributed by atoms with Gasteiger partial charge in [-0.05, 0) is 25.1 Å². The minimum atomic E-state index is -1.34. The molecule has 0 aliphatic rings. The summed E-state index contributed by atoms with van der Waals surface area (Å²) in [6, 6.07) is 15.1. The Balaban J connectivity index is 2.33. The molecule has 0 amide bonds. The van der Waals surface area contributed by atoms with Gasteiger partial charge in [-0.1, -0.05) is 46.3 Å². The average Bonchev–Trinajstić information content (AvgIpc) is 2.51. The second kappa shape index (κ2) is 5.77. The van der Waals surface area contributed by atoms with Gasteiger partial charge in [-0.25, -0.2) is 9.78 Å². The van der Waals surface area contributed by atoms with E-state index in [9.17, 15) is 4.79 Å². The zero-order valence-electron chi connectivity index (χ0n) is 11.7. The van der Waals surface area contributed by atoms with Gasteiger partial charge in [0.1, 0.15) is 5.75 Å². The van der Waals surface area contributed by atoms with Gasteiger partial charge in [0, 0.05) is 21.0 Å². The van der Waals surface area contributed by atoms with E-state index in [1.807, 2.05) is 55.5 Å². The Hall–Kier alpha value is -2.40. The lowest BCUT2D eigenvalue weighted by atomic mass is 10.0. The van der Waals surface area contributed by atoms with Crippen molar-refractivity contribution in [2.75, 3.05) is 0 Å². The number of benzene rings is 2. The summed E-state index contributed by atoms with van der Waals surface area (Å²) >= 11 is 3.39. The van der Waals surface area contributed by atoms with Gasteiger partial charge in [-0.15, -0.1) is 0 Å². The maximum absolute atomic E-state index is 11.0. The molecule has 0 saturated heterocycles. The van der Waals surface area contributed by atoms with Crippen molar-refractivity contribution in [2.45, 2.75) is 6.92 Å². The summed E-state index contributed by atoms with van der Waals surface area (Å²) in [5.41, 5.74) is 3.01. The highest BCUT2D eigenvalue weighted by Gasteiger charge is 2.17. The number of halogens is 1. The number of ether oxygens (including phenoxy) is 1. The molecule has 110 valence electrons. The van der Waals surface area contributed by atoms with Crippen LogP contribution in [0.2, 0.25) is 0 Å². The Kier molecular flexibility index (Phi) is 3.81. The predicted octanol–water partition coefficient (Wildman–Crippen LogP) is 5.03. The second-order valence-electron chi connectivity index (χ2n) is 4.81. The number of aromatic nitrogens is 1. The zero-order valence-corrected chi connectivity index (χ0v) is 13.3. The molecule has 1 N–H and O–H groups in total. The highest BCUT2D eigenvalue weighted by Crippen LogP contribution is 2.36. The molecule has 0 saturated carbocycles. The summed E-state index contributed by atoms with van der Waals surface area (Å²) in [4.78, 5) is 15.7. The number of fused-ring (bicyclic) bond motifs is 1. The van der Waals surface area contributed by atoms with Crippen molar-refractivity contribution in [3.05, 3.63) is 58.6 Å². The Bertz CT molecular complexity index is 863. The number of carbonyl (C=O) groups is 1. The largest absolute Gasteiger partial charge is 0.511 e. The molecule has 0 fully saturated rings. The molecule has 4 nitrogen and oxygen atoms in total. The third kappa shape index (κ3) is 2.67. The highest BCUT2D eigenvalue weighted by molar-refractivity contribution is 9.10. The van der Waals surface area contributed by atoms with Crippen molar-refractivity contribution < 1.29 is 14.6 Å². The third-order valence-corrected chi connectivity index (χ3v) is 3.86. The lowest BCUT2D eigenvalue weighted by Crippen LogP contribution is -2.06. The van der Waals surface area contributed by atoms with E-state index in [1.165, 1.54) is 0 Å².